The summed E-state index contributed by atoms with van der Waals surface area (Å²) in [5.74, 6) is 0. The molecule has 0 N–H and O–H groups in total. The third-order valence-corrected chi connectivity index (χ3v) is 3.23. The van der Waals surface area contributed by atoms with Crippen LogP contribution >= 0.6 is 0 Å². The van der Waals surface area contributed by atoms with Crippen molar-refractivity contribution in [2.75, 3.05) is 0 Å². The highest BCUT2D eigenvalue weighted by atomic mass is 16.3. The van der Waals surface area contributed by atoms with Crippen molar-refractivity contribution in [3.05, 3.63) is 59.9 Å². The van der Waals surface area contributed by atoms with Gasteiger partial charge in [0, 0.05) is 10.9 Å². The molecule has 1 nitrogen and oxygen atoms in total. The van der Waals surface area contributed by atoms with Crippen molar-refractivity contribution in [3.8, 4) is 11.1 Å². The highest BCUT2D eigenvalue weighted by Gasteiger charge is 2.11. The van der Waals surface area contributed by atoms with E-state index in [-0.39, 0.29) is 0 Å². The first-order chi connectivity index (χ1) is 8.27. The first kappa shape index (κ1) is 10.2. The standard InChI is InChI=1S/C16H14O/c1-11-6-5-7-12(2)16(11)14-10-17-15-9-4-3-8-13(14)15/h3-10H,1-2H3. The minimum absolute atomic E-state index is 0.949. The van der Waals surface area contributed by atoms with E-state index in [2.05, 4.69) is 44.2 Å². The Hall–Kier alpha value is -2.02. The largest absolute Gasteiger partial charge is 0.464 e. The van der Waals surface area contributed by atoms with Crippen molar-refractivity contribution in [2.45, 2.75) is 13.8 Å². The molecule has 0 aliphatic rings. The van der Waals surface area contributed by atoms with E-state index in [0.29, 0.717) is 0 Å². The lowest BCUT2D eigenvalue weighted by Gasteiger charge is -2.07. The van der Waals surface area contributed by atoms with Gasteiger partial charge in [-0.25, -0.2) is 0 Å². The van der Waals surface area contributed by atoms with Gasteiger partial charge in [-0.05, 0) is 36.6 Å². The van der Waals surface area contributed by atoms with Gasteiger partial charge in [0.25, 0.3) is 0 Å². The van der Waals surface area contributed by atoms with Crippen LogP contribution in [-0.4, -0.2) is 0 Å². The summed E-state index contributed by atoms with van der Waals surface area (Å²) in [6.45, 7) is 4.29. The van der Waals surface area contributed by atoms with E-state index in [9.17, 15) is 0 Å². The van der Waals surface area contributed by atoms with E-state index in [0.717, 1.165) is 5.58 Å². The van der Waals surface area contributed by atoms with E-state index >= 15 is 0 Å². The number of furan rings is 1. The Kier molecular flexibility index (Phi) is 2.25. The second-order valence-electron chi connectivity index (χ2n) is 4.41. The Balaban J connectivity index is 2.35. The quantitative estimate of drug-likeness (QED) is 0.580. The first-order valence-electron chi connectivity index (χ1n) is 5.80. The molecule has 0 spiro atoms. The third kappa shape index (κ3) is 1.55. The summed E-state index contributed by atoms with van der Waals surface area (Å²) in [4.78, 5) is 0. The molecule has 2 aromatic carbocycles. The summed E-state index contributed by atoms with van der Waals surface area (Å²) in [5, 5.41) is 1.19. The Morgan fingerprint density at radius 3 is 2.29 bits per heavy atom. The second kappa shape index (κ2) is 3.77. The predicted octanol–water partition coefficient (Wildman–Crippen LogP) is 4.72. The lowest BCUT2D eigenvalue weighted by molar-refractivity contribution is 0.617. The van der Waals surface area contributed by atoms with Crippen molar-refractivity contribution in [1.82, 2.24) is 0 Å². The molecule has 3 aromatic rings. The normalized spacial score (nSPS) is 10.9. The zero-order valence-electron chi connectivity index (χ0n) is 10.0. The molecule has 0 fully saturated rings. The van der Waals surface area contributed by atoms with Crippen LogP contribution in [0.25, 0.3) is 22.1 Å². The second-order valence-corrected chi connectivity index (χ2v) is 4.41. The van der Waals surface area contributed by atoms with Gasteiger partial charge >= 0.3 is 0 Å². The predicted molar refractivity (Wildman–Crippen MR) is 71.1 cm³/mol. The number of aryl methyl sites for hydroxylation is 2. The highest BCUT2D eigenvalue weighted by Crippen LogP contribution is 2.34. The van der Waals surface area contributed by atoms with E-state index in [1.807, 2.05) is 18.4 Å². The van der Waals surface area contributed by atoms with Crippen LogP contribution in [0.2, 0.25) is 0 Å². The Morgan fingerprint density at radius 2 is 1.53 bits per heavy atom. The molecule has 0 amide bonds. The van der Waals surface area contributed by atoms with E-state index < -0.39 is 0 Å². The molecular formula is C16H14O. The summed E-state index contributed by atoms with van der Waals surface area (Å²) in [6.07, 6.45) is 1.86. The van der Waals surface area contributed by atoms with Crippen LogP contribution in [0.1, 0.15) is 11.1 Å². The van der Waals surface area contributed by atoms with Gasteiger partial charge in [0.05, 0.1) is 6.26 Å². The maximum atomic E-state index is 5.61. The van der Waals surface area contributed by atoms with Crippen LogP contribution in [0.5, 0.6) is 0 Å². The van der Waals surface area contributed by atoms with Gasteiger partial charge in [-0.15, -0.1) is 0 Å². The number of hydrogen-bond donors (Lipinski definition) is 0. The number of fused-ring (bicyclic) bond motifs is 1. The molecule has 0 unspecified atom stereocenters. The molecule has 0 aliphatic carbocycles. The number of benzene rings is 2. The topological polar surface area (TPSA) is 13.1 Å². The highest BCUT2D eigenvalue weighted by molar-refractivity contribution is 5.95. The van der Waals surface area contributed by atoms with Gasteiger partial charge in [-0.2, -0.15) is 0 Å². The smallest absolute Gasteiger partial charge is 0.134 e. The molecule has 0 saturated carbocycles. The maximum absolute atomic E-state index is 5.61. The monoisotopic (exact) mass is 222 g/mol. The average Bonchev–Trinajstić information content (AvgIpc) is 2.73. The van der Waals surface area contributed by atoms with Crippen LogP contribution in [0.3, 0.4) is 0 Å². The first-order valence-corrected chi connectivity index (χ1v) is 5.80. The average molecular weight is 222 g/mol. The van der Waals surface area contributed by atoms with Crippen molar-refractivity contribution in [2.24, 2.45) is 0 Å². The zero-order valence-corrected chi connectivity index (χ0v) is 10.0. The molecule has 0 radical (unpaired) electrons. The summed E-state index contributed by atoms with van der Waals surface area (Å²) in [7, 11) is 0. The molecule has 0 bridgehead atoms. The van der Waals surface area contributed by atoms with E-state index in [1.165, 1.54) is 27.6 Å². The SMILES string of the molecule is Cc1cccc(C)c1-c1coc2ccccc12. The van der Waals surface area contributed by atoms with Crippen LogP contribution in [-0.2, 0) is 0 Å². The van der Waals surface area contributed by atoms with Crippen molar-refractivity contribution in [1.29, 1.82) is 0 Å². The van der Waals surface area contributed by atoms with Crippen LogP contribution in [0.4, 0.5) is 0 Å². The minimum Gasteiger partial charge on any atom is -0.464 e. The van der Waals surface area contributed by atoms with E-state index in [4.69, 9.17) is 4.42 Å². The lowest BCUT2D eigenvalue weighted by atomic mass is 9.95. The molecule has 1 heteroatoms. The third-order valence-electron chi connectivity index (χ3n) is 3.23. The van der Waals surface area contributed by atoms with Gasteiger partial charge in [0.15, 0.2) is 0 Å². The fourth-order valence-electron chi connectivity index (χ4n) is 2.41. The minimum atomic E-state index is 0.949. The lowest BCUT2D eigenvalue weighted by Crippen LogP contribution is -1.86. The molecule has 17 heavy (non-hydrogen) atoms. The van der Waals surface area contributed by atoms with Crippen molar-refractivity contribution in [3.63, 3.8) is 0 Å². The zero-order chi connectivity index (χ0) is 11.8. The molecule has 0 saturated heterocycles. The van der Waals surface area contributed by atoms with Gasteiger partial charge < -0.3 is 4.42 Å². The Bertz CT molecular complexity index is 657. The van der Waals surface area contributed by atoms with Crippen LogP contribution < -0.4 is 0 Å². The maximum Gasteiger partial charge on any atom is 0.134 e. The molecule has 1 heterocycles. The van der Waals surface area contributed by atoms with Crippen molar-refractivity contribution >= 4 is 11.0 Å². The van der Waals surface area contributed by atoms with Crippen molar-refractivity contribution < 1.29 is 4.42 Å². The van der Waals surface area contributed by atoms with Gasteiger partial charge in [0.2, 0.25) is 0 Å². The van der Waals surface area contributed by atoms with Gasteiger partial charge in [-0.1, -0.05) is 36.4 Å². The number of para-hydroxylation sites is 1. The summed E-state index contributed by atoms with van der Waals surface area (Å²) in [6, 6.07) is 14.5. The summed E-state index contributed by atoms with van der Waals surface area (Å²) < 4.78 is 5.61. The summed E-state index contributed by atoms with van der Waals surface area (Å²) in [5.41, 5.74) is 6.01. The molecular weight excluding hydrogens is 208 g/mol. The molecule has 84 valence electrons. The number of hydrogen-bond acceptors (Lipinski definition) is 1. The fourth-order valence-corrected chi connectivity index (χ4v) is 2.41. The van der Waals surface area contributed by atoms with Crippen LogP contribution in [0.15, 0.2) is 53.1 Å². The molecule has 3 rings (SSSR count). The van der Waals surface area contributed by atoms with Gasteiger partial charge in [-0.3, -0.25) is 0 Å². The Morgan fingerprint density at radius 1 is 0.824 bits per heavy atom. The fraction of sp³-hybridized carbons (Fsp3) is 0.125. The molecule has 0 aliphatic heterocycles. The molecule has 1 aromatic heterocycles. The molecule has 0 atom stereocenters. The van der Waals surface area contributed by atoms with Crippen LogP contribution in [0, 0.1) is 13.8 Å². The summed E-state index contributed by atoms with van der Waals surface area (Å²) >= 11 is 0. The van der Waals surface area contributed by atoms with Gasteiger partial charge in [0.1, 0.15) is 5.58 Å². The number of rotatable bonds is 1. The Labute approximate surface area is 101 Å². The van der Waals surface area contributed by atoms with E-state index in [1.54, 1.807) is 0 Å².